The zero-order valence-corrected chi connectivity index (χ0v) is 5.12. The van der Waals surface area contributed by atoms with Crippen molar-refractivity contribution in [1.29, 1.82) is 0 Å². The lowest BCUT2D eigenvalue weighted by Gasteiger charge is -1.87. The molecule has 0 saturated heterocycles. The lowest BCUT2D eigenvalue weighted by atomic mass is 10.5. The van der Waals surface area contributed by atoms with Crippen molar-refractivity contribution in [2.45, 2.75) is 11.3 Å². The summed E-state index contributed by atoms with van der Waals surface area (Å²) in [5.74, 6) is 0. The highest BCUT2D eigenvalue weighted by molar-refractivity contribution is 6.44. The summed E-state index contributed by atoms with van der Waals surface area (Å²) in [6, 6.07) is 0. The SMILES string of the molecule is [O]/C=C/CC(Cl)Cl. The normalized spacial score (nSPS) is 11.3. The van der Waals surface area contributed by atoms with Gasteiger partial charge in [0, 0.05) is 0 Å². The van der Waals surface area contributed by atoms with E-state index in [1.807, 2.05) is 0 Å². The molecule has 0 fully saturated rings. The summed E-state index contributed by atoms with van der Waals surface area (Å²) in [4.78, 5) is -0.440. The minimum atomic E-state index is -0.440. The van der Waals surface area contributed by atoms with E-state index in [4.69, 9.17) is 23.2 Å². The minimum absolute atomic E-state index is 0.437. The quantitative estimate of drug-likeness (QED) is 0.413. The maximum absolute atomic E-state index is 9.54. The summed E-state index contributed by atoms with van der Waals surface area (Å²) in [5.41, 5.74) is 0. The molecule has 0 bridgehead atoms. The van der Waals surface area contributed by atoms with Crippen LogP contribution in [-0.4, -0.2) is 4.84 Å². The second-order valence-electron chi connectivity index (χ2n) is 0.999. The summed E-state index contributed by atoms with van der Waals surface area (Å²) < 4.78 is 0. The number of hydrogen-bond donors (Lipinski definition) is 0. The van der Waals surface area contributed by atoms with Crippen LogP contribution in [0.5, 0.6) is 0 Å². The van der Waals surface area contributed by atoms with Gasteiger partial charge in [-0.05, 0) is 12.5 Å². The lowest BCUT2D eigenvalue weighted by Crippen LogP contribution is -1.79. The van der Waals surface area contributed by atoms with Gasteiger partial charge in [-0.3, -0.25) is 5.11 Å². The summed E-state index contributed by atoms with van der Waals surface area (Å²) in [6.07, 6.45) is 2.50. The Labute approximate surface area is 52.5 Å². The maximum Gasteiger partial charge on any atom is 0.138 e. The predicted octanol–water partition coefficient (Wildman–Crippen LogP) is 2.12. The second kappa shape index (κ2) is 4.28. The fourth-order valence-electron chi connectivity index (χ4n) is 0.158. The average Bonchev–Trinajstić information content (AvgIpc) is 1.61. The van der Waals surface area contributed by atoms with Crippen molar-refractivity contribution in [2.24, 2.45) is 0 Å². The third kappa shape index (κ3) is 6.12. The summed E-state index contributed by atoms with van der Waals surface area (Å²) in [6.45, 7) is 0. The van der Waals surface area contributed by atoms with Crippen LogP contribution in [0, 0.1) is 0 Å². The van der Waals surface area contributed by atoms with E-state index in [0.29, 0.717) is 12.7 Å². The highest BCUT2D eigenvalue weighted by Gasteiger charge is 1.90. The molecule has 1 nitrogen and oxygen atoms in total. The molecule has 7 heavy (non-hydrogen) atoms. The first-order valence-electron chi connectivity index (χ1n) is 1.82. The van der Waals surface area contributed by atoms with Gasteiger partial charge in [0.15, 0.2) is 0 Å². The fraction of sp³-hybridized carbons (Fsp3) is 0.500. The van der Waals surface area contributed by atoms with E-state index in [9.17, 15) is 5.11 Å². The van der Waals surface area contributed by atoms with Gasteiger partial charge in [0.2, 0.25) is 0 Å². The van der Waals surface area contributed by atoms with Crippen LogP contribution in [0.25, 0.3) is 0 Å². The molecule has 0 heterocycles. The Hall–Kier alpha value is 0.120. The summed E-state index contributed by atoms with van der Waals surface area (Å²) in [7, 11) is 0. The molecule has 0 amide bonds. The van der Waals surface area contributed by atoms with Crippen LogP contribution in [0.1, 0.15) is 6.42 Å². The van der Waals surface area contributed by atoms with Crippen molar-refractivity contribution >= 4 is 23.2 Å². The molecule has 0 saturated carbocycles. The van der Waals surface area contributed by atoms with Crippen molar-refractivity contribution in [3.05, 3.63) is 12.3 Å². The van der Waals surface area contributed by atoms with Crippen LogP contribution < -0.4 is 0 Å². The first kappa shape index (κ1) is 7.12. The van der Waals surface area contributed by atoms with E-state index in [1.54, 1.807) is 0 Å². The van der Waals surface area contributed by atoms with Crippen LogP contribution in [0.15, 0.2) is 12.3 Å². The van der Waals surface area contributed by atoms with E-state index < -0.39 is 4.84 Å². The topological polar surface area (TPSA) is 19.9 Å². The molecular weight excluding hydrogens is 135 g/mol. The lowest BCUT2D eigenvalue weighted by molar-refractivity contribution is 0.350. The van der Waals surface area contributed by atoms with E-state index in [1.165, 1.54) is 6.08 Å². The van der Waals surface area contributed by atoms with Crippen molar-refractivity contribution in [3.8, 4) is 0 Å². The van der Waals surface area contributed by atoms with E-state index in [-0.39, 0.29) is 0 Å². The molecular formula is C4H5Cl2O. The molecule has 0 rings (SSSR count). The van der Waals surface area contributed by atoms with E-state index >= 15 is 0 Å². The van der Waals surface area contributed by atoms with Crippen molar-refractivity contribution in [2.75, 3.05) is 0 Å². The number of alkyl halides is 2. The van der Waals surface area contributed by atoms with Gasteiger partial charge in [-0.1, -0.05) is 0 Å². The van der Waals surface area contributed by atoms with Crippen LogP contribution in [0.3, 0.4) is 0 Å². The molecule has 0 aromatic heterocycles. The molecule has 1 radical (unpaired) electrons. The Kier molecular flexibility index (Phi) is 4.36. The third-order valence-corrected chi connectivity index (χ3v) is 0.767. The zero-order chi connectivity index (χ0) is 5.70. The van der Waals surface area contributed by atoms with Gasteiger partial charge in [0.1, 0.15) is 11.1 Å². The molecule has 0 N–H and O–H groups in total. The second-order valence-corrected chi connectivity index (χ2v) is 2.28. The van der Waals surface area contributed by atoms with Crippen LogP contribution in [0.4, 0.5) is 0 Å². The van der Waals surface area contributed by atoms with Crippen molar-refractivity contribution in [1.82, 2.24) is 0 Å². The molecule has 0 unspecified atom stereocenters. The Morgan fingerprint density at radius 3 is 2.29 bits per heavy atom. The van der Waals surface area contributed by atoms with Gasteiger partial charge in [0.25, 0.3) is 0 Å². The highest BCUT2D eigenvalue weighted by Crippen LogP contribution is 2.06. The number of halogens is 2. The number of allylic oxidation sites excluding steroid dienone is 1. The molecule has 0 aromatic rings. The molecule has 0 aliphatic heterocycles. The van der Waals surface area contributed by atoms with Gasteiger partial charge < -0.3 is 0 Å². The standard InChI is InChI=1S/C4H5Cl2O/c5-4(6)2-1-3-7/h1,3-4H,2H2/b3-1+. The summed E-state index contributed by atoms with van der Waals surface area (Å²) >= 11 is 10.5. The first-order valence-corrected chi connectivity index (χ1v) is 2.69. The van der Waals surface area contributed by atoms with Gasteiger partial charge >= 0.3 is 0 Å². The van der Waals surface area contributed by atoms with Gasteiger partial charge in [0.05, 0.1) is 0 Å². The Morgan fingerprint density at radius 2 is 2.14 bits per heavy atom. The Morgan fingerprint density at radius 1 is 1.57 bits per heavy atom. The van der Waals surface area contributed by atoms with E-state index in [0.717, 1.165) is 0 Å². The molecule has 41 valence electrons. The minimum Gasteiger partial charge on any atom is -0.299 e. The maximum atomic E-state index is 9.54. The molecule has 0 aliphatic carbocycles. The smallest absolute Gasteiger partial charge is 0.138 e. The molecule has 0 aromatic carbocycles. The van der Waals surface area contributed by atoms with Crippen molar-refractivity contribution < 1.29 is 5.11 Å². The number of rotatable bonds is 2. The third-order valence-electron chi connectivity index (χ3n) is 0.410. The highest BCUT2D eigenvalue weighted by atomic mass is 35.5. The molecule has 0 atom stereocenters. The monoisotopic (exact) mass is 139 g/mol. The van der Waals surface area contributed by atoms with Crippen LogP contribution >= 0.6 is 23.2 Å². The molecule has 3 heteroatoms. The first-order chi connectivity index (χ1) is 3.27. The largest absolute Gasteiger partial charge is 0.299 e. The van der Waals surface area contributed by atoms with Crippen LogP contribution in [0.2, 0.25) is 0 Å². The average molecular weight is 140 g/mol. The molecule has 0 aliphatic rings. The van der Waals surface area contributed by atoms with Gasteiger partial charge in [-0.15, -0.1) is 23.2 Å². The Bertz CT molecular complexity index is 60.7. The van der Waals surface area contributed by atoms with Gasteiger partial charge in [-0.25, -0.2) is 0 Å². The molecule has 0 spiro atoms. The van der Waals surface area contributed by atoms with E-state index in [2.05, 4.69) is 0 Å². The van der Waals surface area contributed by atoms with Gasteiger partial charge in [-0.2, -0.15) is 0 Å². The van der Waals surface area contributed by atoms with Crippen LogP contribution in [-0.2, 0) is 5.11 Å². The predicted molar refractivity (Wildman–Crippen MR) is 29.9 cm³/mol. The fourth-order valence-corrected chi connectivity index (χ4v) is 0.364. The zero-order valence-electron chi connectivity index (χ0n) is 3.60. The summed E-state index contributed by atoms with van der Waals surface area (Å²) in [5, 5.41) is 9.54. The Balaban J connectivity index is 2.97. The number of hydrogen-bond acceptors (Lipinski definition) is 0. The van der Waals surface area contributed by atoms with Crippen molar-refractivity contribution in [3.63, 3.8) is 0 Å².